The van der Waals surface area contributed by atoms with E-state index in [9.17, 15) is 19.2 Å². The maximum absolute atomic E-state index is 13.1. The summed E-state index contributed by atoms with van der Waals surface area (Å²) in [5.41, 5.74) is 0.905. The van der Waals surface area contributed by atoms with Crippen LogP contribution in [0, 0.1) is 6.92 Å². The fraction of sp³-hybridized carbons (Fsp3) is 0.348. The number of carbonyl (C=O) groups excluding carboxylic acids is 3. The fourth-order valence-corrected chi connectivity index (χ4v) is 4.69. The number of amides is 1. The minimum atomic E-state index is -0.600. The number of benzene rings is 1. The Morgan fingerprint density at radius 2 is 2.00 bits per heavy atom. The maximum atomic E-state index is 13.1. The molecule has 1 aromatic carbocycles. The summed E-state index contributed by atoms with van der Waals surface area (Å²) >= 11 is 1.09. The lowest BCUT2D eigenvalue weighted by Crippen LogP contribution is -2.42. The third-order valence-corrected chi connectivity index (χ3v) is 6.56. The van der Waals surface area contributed by atoms with Crippen molar-refractivity contribution in [1.82, 2.24) is 9.55 Å². The number of nitrogens with zero attached hydrogens (tertiary/aromatic N) is 3. The normalized spacial score (nSPS) is 15.5. The van der Waals surface area contributed by atoms with E-state index in [1.54, 1.807) is 52.9 Å². The topological polar surface area (TPSA) is 108 Å². The Bertz CT molecular complexity index is 1360. The molecular weight excluding hydrogens is 446 g/mol. The van der Waals surface area contributed by atoms with Gasteiger partial charge in [0.1, 0.15) is 15.5 Å². The Labute approximate surface area is 193 Å². The van der Waals surface area contributed by atoms with Gasteiger partial charge in [0.05, 0.1) is 30.0 Å². The molecule has 0 radical (unpaired) electrons. The lowest BCUT2D eigenvalue weighted by molar-refractivity contribution is -0.125. The Kier molecular flexibility index (Phi) is 5.79. The van der Waals surface area contributed by atoms with Crippen LogP contribution < -0.4 is 15.2 Å². The average molecular weight is 470 g/mol. The molecule has 0 bridgehead atoms. The number of aromatic nitrogens is 2. The molecule has 9 nitrogen and oxygen atoms in total. The molecule has 10 heteroatoms. The minimum absolute atomic E-state index is 0.210. The van der Waals surface area contributed by atoms with Crippen LogP contribution in [-0.4, -0.2) is 46.5 Å². The van der Waals surface area contributed by atoms with E-state index < -0.39 is 17.6 Å². The van der Waals surface area contributed by atoms with Gasteiger partial charge in [-0.15, -0.1) is 11.3 Å². The van der Waals surface area contributed by atoms with Crippen molar-refractivity contribution in [3.63, 3.8) is 0 Å². The smallest absolute Gasteiger partial charge is 0.348 e. The molecule has 2 aromatic heterocycles. The summed E-state index contributed by atoms with van der Waals surface area (Å²) in [5, 5.41) is 0.296. The highest BCUT2D eigenvalue weighted by Crippen LogP contribution is 2.34. The molecule has 3 heterocycles. The number of hydrogen-bond acceptors (Lipinski definition) is 8. The van der Waals surface area contributed by atoms with Crippen molar-refractivity contribution in [2.45, 2.75) is 46.4 Å². The van der Waals surface area contributed by atoms with Crippen molar-refractivity contribution < 1.29 is 23.9 Å². The van der Waals surface area contributed by atoms with Gasteiger partial charge in [-0.2, -0.15) is 0 Å². The Balaban J connectivity index is 1.65. The van der Waals surface area contributed by atoms with Gasteiger partial charge in [-0.05, 0) is 51.5 Å². The fourth-order valence-electron chi connectivity index (χ4n) is 3.66. The molecule has 0 N–H and O–H groups in total. The van der Waals surface area contributed by atoms with Crippen LogP contribution in [-0.2, 0) is 16.1 Å². The standard InChI is InChI=1S/C23H23N3O6S/c1-11(2)31-23(30)19-12(3)18-20(33-19)24-10-26(22(18)29)9-16(27)14-6-7-17-15(8-14)25(5)21(28)13(4)32-17/h6-8,10-11,13H,9H2,1-5H3. The monoisotopic (exact) mass is 469 g/mol. The van der Waals surface area contributed by atoms with Gasteiger partial charge in [-0.1, -0.05) is 0 Å². The first-order valence-electron chi connectivity index (χ1n) is 10.4. The molecule has 0 aliphatic carbocycles. The summed E-state index contributed by atoms with van der Waals surface area (Å²) in [5.74, 6) is -0.529. The molecular formula is C23H23N3O6S. The summed E-state index contributed by atoms with van der Waals surface area (Å²) < 4.78 is 12.1. The quantitative estimate of drug-likeness (QED) is 0.418. The van der Waals surface area contributed by atoms with Crippen LogP contribution >= 0.6 is 11.3 Å². The number of likely N-dealkylation sites (N-methyl/N-ethyl adjacent to an activating group) is 1. The van der Waals surface area contributed by atoms with Crippen LogP contribution in [0.1, 0.15) is 46.4 Å². The van der Waals surface area contributed by atoms with Gasteiger partial charge in [-0.25, -0.2) is 9.78 Å². The van der Waals surface area contributed by atoms with Crippen LogP contribution in [0.25, 0.3) is 10.2 Å². The van der Waals surface area contributed by atoms with Gasteiger partial charge >= 0.3 is 5.97 Å². The summed E-state index contributed by atoms with van der Waals surface area (Å²) in [7, 11) is 1.62. The van der Waals surface area contributed by atoms with E-state index in [4.69, 9.17) is 9.47 Å². The van der Waals surface area contributed by atoms with E-state index in [1.807, 2.05) is 0 Å². The van der Waals surface area contributed by atoms with Crippen LogP contribution in [0.15, 0.2) is 29.3 Å². The second kappa shape index (κ2) is 8.43. The number of hydrogen-bond donors (Lipinski definition) is 0. The van der Waals surface area contributed by atoms with Crippen molar-refractivity contribution in [2.75, 3.05) is 11.9 Å². The number of rotatable bonds is 5. The molecule has 1 unspecified atom stereocenters. The van der Waals surface area contributed by atoms with Crippen molar-refractivity contribution in [2.24, 2.45) is 0 Å². The highest BCUT2D eigenvalue weighted by atomic mass is 32.1. The van der Waals surface area contributed by atoms with Crippen molar-refractivity contribution in [3.05, 3.63) is 50.9 Å². The lowest BCUT2D eigenvalue weighted by atomic mass is 10.1. The third kappa shape index (κ3) is 4.02. The third-order valence-electron chi connectivity index (χ3n) is 5.38. The Hall–Kier alpha value is -3.53. The number of fused-ring (bicyclic) bond motifs is 2. The molecule has 33 heavy (non-hydrogen) atoms. The van der Waals surface area contributed by atoms with Gasteiger partial charge in [-0.3, -0.25) is 19.0 Å². The van der Waals surface area contributed by atoms with E-state index in [2.05, 4.69) is 4.98 Å². The molecule has 0 saturated heterocycles. The minimum Gasteiger partial charge on any atom is -0.479 e. The number of thiophene rings is 1. The van der Waals surface area contributed by atoms with Crippen molar-refractivity contribution >= 4 is 44.9 Å². The Morgan fingerprint density at radius 3 is 2.70 bits per heavy atom. The van der Waals surface area contributed by atoms with Gasteiger partial charge < -0.3 is 14.4 Å². The SMILES string of the molecule is Cc1c(C(=O)OC(C)C)sc2ncn(CC(=O)c3ccc4c(c3)N(C)C(=O)C(C)O4)c(=O)c12. The summed E-state index contributed by atoms with van der Waals surface area (Å²) in [6.45, 7) is 6.59. The molecule has 1 amide bonds. The molecule has 0 saturated carbocycles. The van der Waals surface area contributed by atoms with E-state index in [0.717, 1.165) is 11.3 Å². The van der Waals surface area contributed by atoms with Crippen LogP contribution in [0.2, 0.25) is 0 Å². The van der Waals surface area contributed by atoms with Crippen LogP contribution in [0.3, 0.4) is 0 Å². The van der Waals surface area contributed by atoms with E-state index in [1.165, 1.54) is 15.8 Å². The average Bonchev–Trinajstić information content (AvgIpc) is 3.10. The molecule has 1 aliphatic heterocycles. The maximum Gasteiger partial charge on any atom is 0.348 e. The van der Waals surface area contributed by atoms with Crippen LogP contribution in [0.5, 0.6) is 5.75 Å². The lowest BCUT2D eigenvalue weighted by Gasteiger charge is -2.30. The zero-order chi connectivity index (χ0) is 24.0. The molecule has 0 fully saturated rings. The first kappa shape index (κ1) is 22.7. The molecule has 0 spiro atoms. The second-order valence-electron chi connectivity index (χ2n) is 8.13. The number of esters is 1. The highest BCUT2D eigenvalue weighted by molar-refractivity contribution is 7.20. The zero-order valence-corrected chi connectivity index (χ0v) is 19.7. The van der Waals surface area contributed by atoms with E-state index in [-0.39, 0.29) is 24.3 Å². The number of ketones is 1. The molecule has 1 aliphatic rings. The number of aryl methyl sites for hydroxylation is 1. The summed E-state index contributed by atoms with van der Waals surface area (Å²) in [6, 6.07) is 4.82. The number of carbonyl (C=O) groups is 3. The number of anilines is 1. The van der Waals surface area contributed by atoms with Crippen molar-refractivity contribution in [3.8, 4) is 5.75 Å². The number of Topliss-reactive ketones (excluding diaryl/α,β-unsaturated/α-hetero) is 1. The van der Waals surface area contributed by atoms with Gasteiger partial charge in [0.25, 0.3) is 11.5 Å². The van der Waals surface area contributed by atoms with E-state index in [0.29, 0.717) is 37.7 Å². The van der Waals surface area contributed by atoms with Crippen LogP contribution in [0.4, 0.5) is 5.69 Å². The largest absolute Gasteiger partial charge is 0.479 e. The van der Waals surface area contributed by atoms with E-state index >= 15 is 0 Å². The summed E-state index contributed by atoms with van der Waals surface area (Å²) in [6.07, 6.45) is 0.412. The van der Waals surface area contributed by atoms with Crippen molar-refractivity contribution in [1.29, 1.82) is 0 Å². The second-order valence-corrected chi connectivity index (χ2v) is 9.13. The Morgan fingerprint density at radius 1 is 1.27 bits per heavy atom. The van der Waals surface area contributed by atoms with Gasteiger partial charge in [0, 0.05) is 12.6 Å². The zero-order valence-electron chi connectivity index (χ0n) is 18.9. The molecule has 172 valence electrons. The first-order chi connectivity index (χ1) is 15.6. The predicted octanol–water partition coefficient (Wildman–Crippen LogP) is 2.96. The first-order valence-corrected chi connectivity index (χ1v) is 11.2. The molecule has 1 atom stereocenters. The van der Waals surface area contributed by atoms with Gasteiger partial charge in [0.15, 0.2) is 11.9 Å². The molecule has 3 aromatic rings. The van der Waals surface area contributed by atoms with Gasteiger partial charge in [0.2, 0.25) is 0 Å². The summed E-state index contributed by atoms with van der Waals surface area (Å²) in [4.78, 5) is 57.1. The highest BCUT2D eigenvalue weighted by Gasteiger charge is 2.29. The predicted molar refractivity (Wildman–Crippen MR) is 123 cm³/mol. The molecule has 4 rings (SSSR count). The number of ether oxygens (including phenoxy) is 2.